The molecular weight excluding hydrogens is 411 g/mol. The molecule has 0 spiro atoms. The molecule has 2 amide bonds. The summed E-state index contributed by atoms with van der Waals surface area (Å²) >= 11 is 12.6. The van der Waals surface area contributed by atoms with Crippen LogP contribution < -0.4 is 5.73 Å². The van der Waals surface area contributed by atoms with Gasteiger partial charge in [0.15, 0.2) is 0 Å². The maximum atomic E-state index is 13.6. The summed E-state index contributed by atoms with van der Waals surface area (Å²) in [6.45, 7) is 0. The van der Waals surface area contributed by atoms with E-state index in [1.165, 1.54) is 0 Å². The Hall–Kier alpha value is -2.08. The fraction of sp³-hybridized carbons (Fsp3) is 0.364. The summed E-state index contributed by atoms with van der Waals surface area (Å²) < 4.78 is 0. The zero-order chi connectivity index (χ0) is 20.7. The lowest BCUT2D eigenvalue weighted by Crippen LogP contribution is -2.55. The molecule has 0 unspecified atom stereocenters. The van der Waals surface area contributed by atoms with Crippen LogP contribution in [0.4, 0.5) is 0 Å². The first-order chi connectivity index (χ1) is 13.9. The largest absolute Gasteiger partial charge is 0.391 e. The molecule has 3 N–H and O–H groups in total. The SMILES string of the molecule is NC(=O)[C@@H]1c2ccccc2C(=O)N([C@H]2CCCC[C@@H]2O)[C@H]1c1ccc(Cl)cc1Cl. The van der Waals surface area contributed by atoms with E-state index in [1.807, 2.05) is 0 Å². The number of fused-ring (bicyclic) bond motifs is 1. The van der Waals surface area contributed by atoms with E-state index in [9.17, 15) is 14.7 Å². The van der Waals surface area contributed by atoms with Gasteiger partial charge in [-0.2, -0.15) is 0 Å². The summed E-state index contributed by atoms with van der Waals surface area (Å²) in [6, 6.07) is 10.9. The molecule has 4 rings (SSSR count). The van der Waals surface area contributed by atoms with Crippen molar-refractivity contribution in [1.29, 1.82) is 0 Å². The average molecular weight is 433 g/mol. The Balaban J connectivity index is 1.94. The lowest BCUT2D eigenvalue weighted by molar-refractivity contribution is -0.121. The predicted octanol–water partition coefficient (Wildman–Crippen LogP) is 4.06. The molecule has 0 radical (unpaired) electrons. The third kappa shape index (κ3) is 3.52. The molecule has 152 valence electrons. The molecule has 0 bridgehead atoms. The van der Waals surface area contributed by atoms with Crippen LogP contribution in [0.5, 0.6) is 0 Å². The van der Waals surface area contributed by atoms with Crippen LogP contribution in [-0.4, -0.2) is 34.0 Å². The second kappa shape index (κ2) is 7.98. The van der Waals surface area contributed by atoms with Gasteiger partial charge in [0.25, 0.3) is 5.91 Å². The van der Waals surface area contributed by atoms with Gasteiger partial charge in [0.2, 0.25) is 5.91 Å². The van der Waals surface area contributed by atoms with Crippen LogP contribution in [0.3, 0.4) is 0 Å². The van der Waals surface area contributed by atoms with Crippen molar-refractivity contribution in [2.45, 2.75) is 49.8 Å². The standard InChI is InChI=1S/C22H22Cl2N2O3/c23-12-9-10-15(16(24)11-12)20-19(21(25)28)13-5-1-2-6-14(13)22(29)26(20)17-7-3-4-8-18(17)27/h1-2,5-6,9-11,17-20,27H,3-4,7-8H2,(H2,25,28)/t17-,18-,19+,20-/m0/s1. The quantitative estimate of drug-likeness (QED) is 0.766. The van der Waals surface area contributed by atoms with Crippen LogP contribution in [-0.2, 0) is 4.79 Å². The van der Waals surface area contributed by atoms with Crippen LogP contribution in [0.2, 0.25) is 10.0 Å². The number of carbonyl (C=O) groups is 2. The van der Waals surface area contributed by atoms with Crippen molar-refractivity contribution in [3.05, 3.63) is 69.2 Å². The molecule has 2 aromatic carbocycles. The molecule has 0 aromatic heterocycles. The minimum Gasteiger partial charge on any atom is -0.391 e. The van der Waals surface area contributed by atoms with Crippen molar-refractivity contribution in [3.63, 3.8) is 0 Å². The Bertz CT molecular complexity index is 965. The maximum absolute atomic E-state index is 13.6. The first-order valence-corrected chi connectivity index (χ1v) is 10.5. The van der Waals surface area contributed by atoms with Gasteiger partial charge >= 0.3 is 0 Å². The second-order valence-electron chi connectivity index (χ2n) is 7.71. The summed E-state index contributed by atoms with van der Waals surface area (Å²) in [4.78, 5) is 27.9. The van der Waals surface area contributed by atoms with Gasteiger partial charge in [0.05, 0.1) is 24.1 Å². The Kier molecular flexibility index (Phi) is 5.56. The molecule has 7 heteroatoms. The van der Waals surface area contributed by atoms with E-state index in [4.69, 9.17) is 28.9 Å². The monoisotopic (exact) mass is 432 g/mol. The number of nitrogens with zero attached hydrogens (tertiary/aromatic N) is 1. The van der Waals surface area contributed by atoms with Gasteiger partial charge in [-0.3, -0.25) is 9.59 Å². The Morgan fingerprint density at radius 2 is 1.79 bits per heavy atom. The van der Waals surface area contributed by atoms with E-state index in [0.29, 0.717) is 39.6 Å². The number of aliphatic hydroxyl groups is 1. The van der Waals surface area contributed by atoms with E-state index in [2.05, 4.69) is 0 Å². The predicted molar refractivity (Wildman–Crippen MR) is 112 cm³/mol. The highest BCUT2D eigenvalue weighted by Gasteiger charge is 2.48. The average Bonchev–Trinajstić information content (AvgIpc) is 2.69. The van der Waals surface area contributed by atoms with Crippen LogP contribution in [0.25, 0.3) is 0 Å². The highest BCUT2D eigenvalue weighted by Crippen LogP contribution is 2.47. The smallest absolute Gasteiger partial charge is 0.255 e. The first-order valence-electron chi connectivity index (χ1n) is 9.74. The number of amides is 2. The number of nitrogens with two attached hydrogens (primary N) is 1. The maximum Gasteiger partial charge on any atom is 0.255 e. The fourth-order valence-electron chi connectivity index (χ4n) is 4.71. The molecule has 1 aliphatic carbocycles. The highest BCUT2D eigenvalue weighted by atomic mass is 35.5. The van der Waals surface area contributed by atoms with Gasteiger partial charge in [-0.05, 0) is 42.2 Å². The summed E-state index contributed by atoms with van der Waals surface area (Å²) in [6.07, 6.45) is 2.40. The lowest BCUT2D eigenvalue weighted by Gasteiger charge is -2.48. The van der Waals surface area contributed by atoms with Crippen molar-refractivity contribution in [1.82, 2.24) is 4.90 Å². The third-order valence-corrected chi connectivity index (χ3v) is 6.58. The van der Waals surface area contributed by atoms with Crippen molar-refractivity contribution in [3.8, 4) is 0 Å². The van der Waals surface area contributed by atoms with Crippen molar-refractivity contribution >= 4 is 35.0 Å². The van der Waals surface area contributed by atoms with Crippen molar-refractivity contribution in [2.75, 3.05) is 0 Å². The van der Waals surface area contributed by atoms with Crippen molar-refractivity contribution < 1.29 is 14.7 Å². The Morgan fingerprint density at radius 1 is 1.07 bits per heavy atom. The number of rotatable bonds is 3. The van der Waals surface area contributed by atoms with E-state index < -0.39 is 30.0 Å². The molecule has 1 heterocycles. The molecule has 1 saturated carbocycles. The van der Waals surface area contributed by atoms with Gasteiger partial charge in [0.1, 0.15) is 0 Å². The van der Waals surface area contributed by atoms with Gasteiger partial charge in [-0.1, -0.05) is 60.3 Å². The number of primary amides is 1. The molecule has 0 saturated heterocycles. The number of halogens is 2. The van der Waals surface area contributed by atoms with E-state index in [1.54, 1.807) is 47.4 Å². The molecule has 2 aliphatic rings. The summed E-state index contributed by atoms with van der Waals surface area (Å²) in [5, 5.41) is 11.5. The number of aliphatic hydroxyl groups excluding tert-OH is 1. The van der Waals surface area contributed by atoms with Crippen LogP contribution in [0, 0.1) is 0 Å². The molecule has 29 heavy (non-hydrogen) atoms. The Morgan fingerprint density at radius 3 is 2.48 bits per heavy atom. The van der Waals surface area contributed by atoms with E-state index in [-0.39, 0.29) is 5.91 Å². The number of hydrogen-bond donors (Lipinski definition) is 2. The van der Waals surface area contributed by atoms with Gasteiger partial charge < -0.3 is 15.7 Å². The number of carbonyl (C=O) groups excluding carboxylic acids is 2. The van der Waals surface area contributed by atoms with Crippen LogP contribution in [0.1, 0.15) is 59.1 Å². The second-order valence-corrected chi connectivity index (χ2v) is 8.55. The zero-order valence-corrected chi connectivity index (χ0v) is 17.2. The normalized spacial score (nSPS) is 26.9. The lowest BCUT2D eigenvalue weighted by atomic mass is 9.77. The molecule has 2 aromatic rings. The van der Waals surface area contributed by atoms with E-state index >= 15 is 0 Å². The molecule has 1 fully saturated rings. The minimum absolute atomic E-state index is 0.222. The zero-order valence-electron chi connectivity index (χ0n) is 15.7. The molecule has 5 nitrogen and oxygen atoms in total. The first kappa shape index (κ1) is 20.2. The summed E-state index contributed by atoms with van der Waals surface area (Å²) in [5.41, 5.74) is 7.48. The molecule has 1 aliphatic heterocycles. The summed E-state index contributed by atoms with van der Waals surface area (Å²) in [5.74, 6) is -1.55. The number of hydrogen-bond acceptors (Lipinski definition) is 3. The third-order valence-electron chi connectivity index (χ3n) is 6.02. The fourth-order valence-corrected chi connectivity index (χ4v) is 5.23. The highest BCUT2D eigenvalue weighted by molar-refractivity contribution is 6.35. The van der Waals surface area contributed by atoms with E-state index in [0.717, 1.165) is 12.8 Å². The minimum atomic E-state index is -0.781. The van der Waals surface area contributed by atoms with Crippen LogP contribution in [0.15, 0.2) is 42.5 Å². The Labute approximate surface area is 179 Å². The molecular formula is C22H22Cl2N2O3. The molecule has 4 atom stereocenters. The summed E-state index contributed by atoms with van der Waals surface area (Å²) in [7, 11) is 0. The van der Waals surface area contributed by atoms with Crippen molar-refractivity contribution in [2.24, 2.45) is 5.73 Å². The van der Waals surface area contributed by atoms with Gasteiger partial charge in [-0.15, -0.1) is 0 Å². The van der Waals surface area contributed by atoms with Crippen LogP contribution >= 0.6 is 23.2 Å². The van der Waals surface area contributed by atoms with Gasteiger partial charge in [0, 0.05) is 15.6 Å². The topological polar surface area (TPSA) is 83.6 Å². The van der Waals surface area contributed by atoms with Gasteiger partial charge in [-0.25, -0.2) is 0 Å². The number of benzene rings is 2.